The van der Waals surface area contributed by atoms with E-state index in [0.717, 1.165) is 0 Å². The smallest absolute Gasteiger partial charge is 0.325 e. The Balaban J connectivity index is 4.43. The second-order valence-corrected chi connectivity index (χ2v) is 3.75. The van der Waals surface area contributed by atoms with Crippen molar-refractivity contribution in [2.24, 2.45) is 11.7 Å². The van der Waals surface area contributed by atoms with Gasteiger partial charge in [0.2, 0.25) is 5.91 Å². The van der Waals surface area contributed by atoms with Gasteiger partial charge in [-0.3, -0.25) is 9.59 Å². The number of carbonyl (C=O) groups excluding carboxylic acids is 2. The maximum Gasteiger partial charge on any atom is 0.325 e. The first-order chi connectivity index (χ1) is 7.43. The van der Waals surface area contributed by atoms with E-state index in [1.54, 1.807) is 20.8 Å². The molecule has 92 valence electrons. The Bertz CT molecular complexity index is 281. The molecule has 0 aromatic rings. The van der Waals surface area contributed by atoms with E-state index in [4.69, 9.17) is 22.7 Å². The van der Waals surface area contributed by atoms with Crippen LogP contribution in [0.25, 0.3) is 0 Å². The van der Waals surface area contributed by atoms with Crippen LogP contribution < -0.4 is 5.73 Å². The average molecular weight is 246 g/mol. The van der Waals surface area contributed by atoms with Crippen molar-refractivity contribution in [3.63, 3.8) is 0 Å². The molecule has 2 N–H and O–H groups in total. The summed E-state index contributed by atoms with van der Waals surface area (Å²) < 4.78 is 4.77. The Morgan fingerprint density at radius 3 is 2.38 bits per heavy atom. The summed E-state index contributed by atoms with van der Waals surface area (Å²) in [4.78, 5) is 24.5. The molecule has 1 atom stereocenters. The first-order valence-corrected chi connectivity index (χ1v) is 5.58. The SMILES string of the molecule is CCOC(=O)CN(CC)C(=O)C(C)C(N)=S. The fourth-order valence-corrected chi connectivity index (χ4v) is 1.20. The number of thiocarbonyl (C=S) groups is 1. The van der Waals surface area contributed by atoms with Gasteiger partial charge in [-0.25, -0.2) is 0 Å². The van der Waals surface area contributed by atoms with Crippen LogP contribution in [0.15, 0.2) is 0 Å². The predicted molar refractivity (Wildman–Crippen MR) is 64.8 cm³/mol. The monoisotopic (exact) mass is 246 g/mol. The molecule has 6 heteroatoms. The summed E-state index contributed by atoms with van der Waals surface area (Å²) in [7, 11) is 0. The lowest BCUT2D eigenvalue weighted by Gasteiger charge is -2.22. The molecule has 0 radical (unpaired) electrons. The summed E-state index contributed by atoms with van der Waals surface area (Å²) in [5.74, 6) is -1.22. The van der Waals surface area contributed by atoms with E-state index in [9.17, 15) is 9.59 Å². The van der Waals surface area contributed by atoms with Gasteiger partial charge in [-0.1, -0.05) is 12.2 Å². The lowest BCUT2D eigenvalue weighted by atomic mass is 10.1. The van der Waals surface area contributed by atoms with Crippen LogP contribution in [0, 0.1) is 5.92 Å². The number of hydrogen-bond acceptors (Lipinski definition) is 4. The largest absolute Gasteiger partial charge is 0.465 e. The van der Waals surface area contributed by atoms with Gasteiger partial charge < -0.3 is 15.4 Å². The maximum atomic E-state index is 11.8. The number of amides is 1. The molecule has 0 aliphatic carbocycles. The molecule has 0 spiro atoms. The second kappa shape index (κ2) is 7.16. The van der Waals surface area contributed by atoms with E-state index < -0.39 is 11.9 Å². The highest BCUT2D eigenvalue weighted by molar-refractivity contribution is 7.80. The van der Waals surface area contributed by atoms with E-state index in [1.807, 2.05) is 0 Å². The number of rotatable bonds is 6. The zero-order valence-corrected chi connectivity index (χ0v) is 10.7. The van der Waals surface area contributed by atoms with Gasteiger partial charge in [0, 0.05) is 6.54 Å². The lowest BCUT2D eigenvalue weighted by molar-refractivity contribution is -0.149. The third-order valence-corrected chi connectivity index (χ3v) is 2.47. The van der Waals surface area contributed by atoms with Crippen molar-refractivity contribution in [3.05, 3.63) is 0 Å². The number of carbonyl (C=O) groups is 2. The summed E-state index contributed by atoms with van der Waals surface area (Å²) in [6, 6.07) is 0. The molecule has 0 saturated heterocycles. The van der Waals surface area contributed by atoms with Gasteiger partial charge in [0.1, 0.15) is 6.54 Å². The van der Waals surface area contributed by atoms with Gasteiger partial charge in [-0.15, -0.1) is 0 Å². The Labute approximate surface area is 101 Å². The van der Waals surface area contributed by atoms with Crippen LogP contribution in [0.5, 0.6) is 0 Å². The summed E-state index contributed by atoms with van der Waals surface area (Å²) in [6.07, 6.45) is 0. The summed E-state index contributed by atoms with van der Waals surface area (Å²) in [5.41, 5.74) is 5.39. The van der Waals surface area contributed by atoms with Gasteiger partial charge in [0.15, 0.2) is 0 Å². The van der Waals surface area contributed by atoms with E-state index >= 15 is 0 Å². The van der Waals surface area contributed by atoms with Crippen molar-refractivity contribution in [3.8, 4) is 0 Å². The van der Waals surface area contributed by atoms with Crippen LogP contribution in [0.4, 0.5) is 0 Å². The number of esters is 1. The van der Waals surface area contributed by atoms with Crippen molar-refractivity contribution >= 4 is 29.1 Å². The van der Waals surface area contributed by atoms with Crippen molar-refractivity contribution in [2.45, 2.75) is 20.8 Å². The summed E-state index contributed by atoms with van der Waals surface area (Å²) >= 11 is 4.74. The van der Waals surface area contributed by atoms with Crippen LogP contribution in [0.1, 0.15) is 20.8 Å². The van der Waals surface area contributed by atoms with Crippen molar-refractivity contribution in [1.29, 1.82) is 0 Å². The van der Waals surface area contributed by atoms with Crippen LogP contribution in [-0.2, 0) is 14.3 Å². The first kappa shape index (κ1) is 14.8. The third kappa shape index (κ3) is 4.57. The highest BCUT2D eigenvalue weighted by Gasteiger charge is 2.23. The molecule has 0 aromatic carbocycles. The molecule has 1 amide bonds. The summed E-state index contributed by atoms with van der Waals surface area (Å²) in [5, 5.41) is 0. The zero-order valence-electron chi connectivity index (χ0n) is 9.86. The minimum Gasteiger partial charge on any atom is -0.465 e. The zero-order chi connectivity index (χ0) is 12.7. The first-order valence-electron chi connectivity index (χ1n) is 5.17. The second-order valence-electron chi connectivity index (χ2n) is 3.28. The van der Waals surface area contributed by atoms with Gasteiger partial charge >= 0.3 is 5.97 Å². The molecule has 0 rings (SSSR count). The molecule has 0 aromatic heterocycles. The fourth-order valence-electron chi connectivity index (χ4n) is 1.10. The van der Waals surface area contributed by atoms with E-state index in [1.165, 1.54) is 4.90 Å². The number of nitrogens with zero attached hydrogens (tertiary/aromatic N) is 1. The Morgan fingerprint density at radius 2 is 2.00 bits per heavy atom. The van der Waals surface area contributed by atoms with Gasteiger partial charge in [-0.05, 0) is 20.8 Å². The number of ether oxygens (including phenoxy) is 1. The number of hydrogen-bond donors (Lipinski definition) is 1. The Morgan fingerprint density at radius 1 is 1.44 bits per heavy atom. The topological polar surface area (TPSA) is 72.6 Å². The quantitative estimate of drug-likeness (QED) is 0.540. The maximum absolute atomic E-state index is 11.8. The highest BCUT2D eigenvalue weighted by Crippen LogP contribution is 2.03. The van der Waals surface area contributed by atoms with Crippen LogP contribution in [0.3, 0.4) is 0 Å². The van der Waals surface area contributed by atoms with Gasteiger partial charge in [0.05, 0.1) is 17.5 Å². The summed E-state index contributed by atoms with van der Waals surface area (Å²) in [6.45, 7) is 5.78. The Kier molecular flexibility index (Phi) is 6.64. The lowest BCUT2D eigenvalue weighted by Crippen LogP contribution is -2.42. The standard InChI is InChI=1S/C10H18N2O3S/c1-4-12(6-8(13)15-5-2)10(14)7(3)9(11)16/h7H,4-6H2,1-3H3,(H2,11,16). The molecule has 0 heterocycles. The Hall–Kier alpha value is -1.17. The van der Waals surface area contributed by atoms with Crippen LogP contribution in [0.2, 0.25) is 0 Å². The number of nitrogens with two attached hydrogens (primary N) is 1. The van der Waals surface area contributed by atoms with Crippen molar-refractivity contribution in [2.75, 3.05) is 19.7 Å². The van der Waals surface area contributed by atoms with E-state index in [2.05, 4.69) is 0 Å². The molecule has 0 saturated carbocycles. The average Bonchev–Trinajstić information content (AvgIpc) is 2.24. The molecular weight excluding hydrogens is 228 g/mol. The highest BCUT2D eigenvalue weighted by atomic mass is 32.1. The molecule has 0 aliphatic heterocycles. The van der Waals surface area contributed by atoms with Gasteiger partial charge in [-0.2, -0.15) is 0 Å². The molecule has 16 heavy (non-hydrogen) atoms. The molecule has 5 nitrogen and oxygen atoms in total. The normalized spacial score (nSPS) is 11.7. The minimum atomic E-state index is -0.552. The molecule has 0 bridgehead atoms. The van der Waals surface area contributed by atoms with E-state index in [-0.39, 0.29) is 17.4 Å². The van der Waals surface area contributed by atoms with Crippen molar-refractivity contribution in [1.82, 2.24) is 4.90 Å². The number of likely N-dealkylation sites (N-methyl/N-ethyl adjacent to an activating group) is 1. The molecule has 1 unspecified atom stereocenters. The van der Waals surface area contributed by atoms with Crippen LogP contribution in [-0.4, -0.2) is 41.5 Å². The van der Waals surface area contributed by atoms with Crippen LogP contribution >= 0.6 is 12.2 Å². The van der Waals surface area contributed by atoms with E-state index in [0.29, 0.717) is 13.2 Å². The molecule has 0 fully saturated rings. The molecule has 0 aliphatic rings. The predicted octanol–water partition coefficient (Wildman–Crippen LogP) is 0.320. The fraction of sp³-hybridized carbons (Fsp3) is 0.700. The minimum absolute atomic E-state index is 0.0594. The van der Waals surface area contributed by atoms with Gasteiger partial charge in [0.25, 0.3) is 0 Å². The van der Waals surface area contributed by atoms with Crippen molar-refractivity contribution < 1.29 is 14.3 Å². The molecular formula is C10H18N2O3S. The third-order valence-electron chi connectivity index (χ3n) is 2.12.